The van der Waals surface area contributed by atoms with Crippen LogP contribution in [0.15, 0.2) is 0 Å². The fourth-order valence-corrected chi connectivity index (χ4v) is 2.76. The third kappa shape index (κ3) is 5.78. The fourth-order valence-electron chi connectivity index (χ4n) is 1.97. The van der Waals surface area contributed by atoms with Crippen molar-refractivity contribution in [2.75, 3.05) is 25.9 Å². The molecule has 1 N–H and O–H groups in total. The smallest absolute Gasteiger partial charge is 0.424 e. The summed E-state index contributed by atoms with van der Waals surface area (Å²) in [4.78, 5) is 12.0. The van der Waals surface area contributed by atoms with E-state index in [1.165, 1.54) is 0 Å². The lowest BCUT2D eigenvalue weighted by atomic mass is 10.00. The summed E-state index contributed by atoms with van der Waals surface area (Å²) in [5.41, 5.74) is -0.704. The van der Waals surface area contributed by atoms with Crippen LogP contribution in [0.3, 0.4) is 0 Å². The van der Waals surface area contributed by atoms with Gasteiger partial charge in [-0.2, -0.15) is 0 Å². The average Bonchev–Trinajstić information content (AvgIpc) is 2.23. The number of amides is 1. The molecule has 0 radical (unpaired) electrons. The molecule has 0 saturated carbocycles. The average molecular weight is 292 g/mol. The molecule has 19 heavy (non-hydrogen) atoms. The quantitative estimate of drug-likeness (QED) is 0.845. The molecule has 0 aromatic carbocycles. The SMILES string of the molecule is CC(C)(C)OC(=O)N(CC1CCCNC1)S(C)(=O)=O. The monoisotopic (exact) mass is 292 g/mol. The molecular weight excluding hydrogens is 268 g/mol. The summed E-state index contributed by atoms with van der Waals surface area (Å²) in [7, 11) is -3.60. The summed E-state index contributed by atoms with van der Waals surface area (Å²) >= 11 is 0. The Bertz CT molecular complexity index is 408. The van der Waals surface area contributed by atoms with Gasteiger partial charge >= 0.3 is 6.09 Å². The zero-order valence-corrected chi connectivity index (χ0v) is 12.9. The van der Waals surface area contributed by atoms with Crippen LogP contribution < -0.4 is 5.32 Å². The van der Waals surface area contributed by atoms with Crippen LogP contribution in [0.4, 0.5) is 4.79 Å². The molecule has 7 heteroatoms. The van der Waals surface area contributed by atoms with Crippen LogP contribution in [0.1, 0.15) is 33.6 Å². The van der Waals surface area contributed by atoms with Crippen LogP contribution in [-0.2, 0) is 14.8 Å². The molecule has 1 fully saturated rings. The van der Waals surface area contributed by atoms with E-state index in [0.717, 1.165) is 36.5 Å². The number of nitrogens with zero attached hydrogens (tertiary/aromatic N) is 1. The lowest BCUT2D eigenvalue weighted by molar-refractivity contribution is 0.0369. The van der Waals surface area contributed by atoms with Crippen molar-refractivity contribution in [2.45, 2.75) is 39.2 Å². The zero-order chi connectivity index (χ0) is 14.7. The van der Waals surface area contributed by atoms with Crippen LogP contribution >= 0.6 is 0 Å². The zero-order valence-electron chi connectivity index (χ0n) is 12.1. The van der Waals surface area contributed by atoms with E-state index < -0.39 is 21.7 Å². The van der Waals surface area contributed by atoms with Crippen LogP contribution in [0, 0.1) is 5.92 Å². The first-order chi connectivity index (χ1) is 8.59. The molecule has 1 unspecified atom stereocenters. The van der Waals surface area contributed by atoms with Crippen molar-refractivity contribution >= 4 is 16.1 Å². The van der Waals surface area contributed by atoms with Gasteiger partial charge in [0.25, 0.3) is 0 Å². The Balaban J connectivity index is 2.75. The third-order valence-electron chi connectivity index (χ3n) is 2.82. The molecule has 112 valence electrons. The largest absolute Gasteiger partial charge is 0.443 e. The standard InChI is InChI=1S/C12H24N2O4S/c1-12(2,3)18-11(15)14(19(4,16)17)9-10-6-5-7-13-8-10/h10,13H,5-9H2,1-4H3. The highest BCUT2D eigenvalue weighted by Gasteiger charge is 2.31. The molecule has 0 aromatic rings. The lowest BCUT2D eigenvalue weighted by Crippen LogP contribution is -2.45. The predicted octanol–water partition coefficient (Wildman–Crippen LogP) is 1.18. The van der Waals surface area contributed by atoms with Gasteiger partial charge in [-0.25, -0.2) is 17.5 Å². The Morgan fingerprint density at radius 3 is 2.47 bits per heavy atom. The molecule has 0 aliphatic carbocycles. The second kappa shape index (κ2) is 6.09. The van der Waals surface area contributed by atoms with Gasteiger partial charge in [0, 0.05) is 6.54 Å². The number of carbonyl (C=O) groups is 1. The Kier molecular flexibility index (Phi) is 5.20. The van der Waals surface area contributed by atoms with Crippen molar-refractivity contribution in [3.05, 3.63) is 0 Å². The Labute approximate surface area is 115 Å². The van der Waals surface area contributed by atoms with Crippen molar-refractivity contribution in [2.24, 2.45) is 5.92 Å². The van der Waals surface area contributed by atoms with E-state index in [4.69, 9.17) is 4.74 Å². The molecule has 1 aliphatic heterocycles. The highest BCUT2D eigenvalue weighted by Crippen LogP contribution is 2.17. The van der Waals surface area contributed by atoms with E-state index in [-0.39, 0.29) is 12.5 Å². The van der Waals surface area contributed by atoms with Gasteiger partial charge < -0.3 is 10.1 Å². The van der Waals surface area contributed by atoms with Gasteiger partial charge in [0.1, 0.15) is 5.60 Å². The molecule has 1 heterocycles. The first-order valence-corrected chi connectivity index (χ1v) is 8.36. The van der Waals surface area contributed by atoms with Gasteiger partial charge in [-0.15, -0.1) is 0 Å². The summed E-state index contributed by atoms with van der Waals surface area (Å²) in [5, 5.41) is 3.21. The molecule has 1 aliphatic rings. The van der Waals surface area contributed by atoms with Crippen LogP contribution in [0.5, 0.6) is 0 Å². The van der Waals surface area contributed by atoms with Crippen molar-refractivity contribution in [1.29, 1.82) is 0 Å². The minimum absolute atomic E-state index is 0.149. The van der Waals surface area contributed by atoms with Crippen molar-refractivity contribution in [1.82, 2.24) is 9.62 Å². The van der Waals surface area contributed by atoms with E-state index >= 15 is 0 Å². The Morgan fingerprint density at radius 2 is 2.05 bits per heavy atom. The van der Waals surface area contributed by atoms with Gasteiger partial charge in [0.2, 0.25) is 10.0 Å². The Hall–Kier alpha value is -0.820. The number of sulfonamides is 1. The van der Waals surface area contributed by atoms with Gasteiger partial charge in [-0.05, 0) is 52.6 Å². The van der Waals surface area contributed by atoms with Crippen molar-refractivity contribution in [3.63, 3.8) is 0 Å². The summed E-state index contributed by atoms with van der Waals surface area (Å²) in [6, 6.07) is 0. The summed E-state index contributed by atoms with van der Waals surface area (Å²) in [6.07, 6.45) is 2.16. The number of carbonyl (C=O) groups excluding carboxylic acids is 1. The van der Waals surface area contributed by atoms with Gasteiger partial charge in [0.05, 0.1) is 6.26 Å². The molecule has 1 amide bonds. The summed E-state index contributed by atoms with van der Waals surface area (Å²) in [6.45, 7) is 7.01. The van der Waals surface area contributed by atoms with E-state index in [0.29, 0.717) is 0 Å². The highest BCUT2D eigenvalue weighted by molar-refractivity contribution is 7.88. The molecule has 0 spiro atoms. The minimum Gasteiger partial charge on any atom is -0.443 e. The number of hydrogen-bond donors (Lipinski definition) is 1. The van der Waals surface area contributed by atoms with E-state index in [9.17, 15) is 13.2 Å². The fraction of sp³-hybridized carbons (Fsp3) is 0.917. The summed E-state index contributed by atoms with van der Waals surface area (Å²) in [5.74, 6) is 0.149. The molecule has 1 atom stereocenters. The Morgan fingerprint density at radius 1 is 1.42 bits per heavy atom. The maximum Gasteiger partial charge on any atom is 0.424 e. The molecule has 6 nitrogen and oxygen atoms in total. The van der Waals surface area contributed by atoms with E-state index in [1.807, 2.05) is 0 Å². The lowest BCUT2D eigenvalue weighted by Gasteiger charge is -2.30. The van der Waals surface area contributed by atoms with Crippen LogP contribution in [0.2, 0.25) is 0 Å². The van der Waals surface area contributed by atoms with Gasteiger partial charge in [-0.1, -0.05) is 0 Å². The number of nitrogens with one attached hydrogen (secondary N) is 1. The number of ether oxygens (including phenoxy) is 1. The first kappa shape index (κ1) is 16.2. The topological polar surface area (TPSA) is 75.7 Å². The van der Waals surface area contributed by atoms with Gasteiger partial charge in [-0.3, -0.25) is 0 Å². The van der Waals surface area contributed by atoms with Crippen molar-refractivity contribution < 1.29 is 17.9 Å². The summed E-state index contributed by atoms with van der Waals surface area (Å²) < 4.78 is 29.5. The second-order valence-corrected chi connectivity index (χ2v) is 7.89. The number of rotatable bonds is 3. The minimum atomic E-state index is -3.60. The molecule has 0 aromatic heterocycles. The number of hydrogen-bond acceptors (Lipinski definition) is 5. The van der Waals surface area contributed by atoms with Crippen molar-refractivity contribution in [3.8, 4) is 0 Å². The first-order valence-electron chi connectivity index (χ1n) is 6.51. The maximum atomic E-state index is 12.0. The van der Waals surface area contributed by atoms with E-state index in [2.05, 4.69) is 5.32 Å². The molecular formula is C12H24N2O4S. The number of piperidine rings is 1. The van der Waals surface area contributed by atoms with Gasteiger partial charge in [0.15, 0.2) is 0 Å². The highest BCUT2D eigenvalue weighted by atomic mass is 32.2. The molecule has 1 rings (SSSR count). The second-order valence-electron chi connectivity index (χ2n) is 5.99. The third-order valence-corrected chi connectivity index (χ3v) is 3.92. The predicted molar refractivity (Wildman–Crippen MR) is 73.4 cm³/mol. The van der Waals surface area contributed by atoms with Crippen LogP contribution in [-0.4, -0.2) is 50.3 Å². The molecule has 0 bridgehead atoms. The van der Waals surface area contributed by atoms with E-state index in [1.54, 1.807) is 20.8 Å². The molecule has 1 saturated heterocycles. The van der Waals surface area contributed by atoms with Crippen LogP contribution in [0.25, 0.3) is 0 Å². The maximum absolute atomic E-state index is 12.0. The normalized spacial score (nSPS) is 20.9.